The Morgan fingerprint density at radius 3 is 2.30 bits per heavy atom. The third kappa shape index (κ3) is 2.69. The molecule has 0 N–H and O–H groups in total. The van der Waals surface area contributed by atoms with Crippen molar-refractivity contribution in [2.24, 2.45) is 0 Å². The molecule has 0 bridgehead atoms. The van der Waals surface area contributed by atoms with E-state index >= 15 is 0 Å². The van der Waals surface area contributed by atoms with Gasteiger partial charge in [-0.2, -0.15) is 0 Å². The van der Waals surface area contributed by atoms with Gasteiger partial charge >= 0.3 is 0 Å². The molecule has 0 aliphatic carbocycles. The van der Waals surface area contributed by atoms with Crippen LogP contribution in [0.15, 0.2) is 30.3 Å². The molecule has 0 radical (unpaired) electrons. The van der Waals surface area contributed by atoms with Gasteiger partial charge in [-0.25, -0.2) is 0 Å². The van der Waals surface area contributed by atoms with Crippen LogP contribution in [0.25, 0.3) is 0 Å². The number of carbonyl (C=O) groups excluding carboxylic acids is 1. The highest BCUT2D eigenvalue weighted by Crippen LogP contribution is 2.26. The second-order valence-corrected chi connectivity index (χ2v) is 3.86. The molecular formula is C14H14N2O4. The Hall–Kier alpha value is -2.63. The van der Waals surface area contributed by atoms with Gasteiger partial charge in [0.05, 0.1) is 26.9 Å². The number of carbonyl (C=O) groups is 1. The van der Waals surface area contributed by atoms with Crippen LogP contribution in [0.3, 0.4) is 0 Å². The molecule has 2 aromatic rings. The number of benzene rings is 1. The van der Waals surface area contributed by atoms with E-state index < -0.39 is 0 Å². The molecular weight excluding hydrogens is 260 g/mol. The van der Waals surface area contributed by atoms with Crippen molar-refractivity contribution in [1.82, 2.24) is 10.2 Å². The highest BCUT2D eigenvalue weighted by molar-refractivity contribution is 6.09. The molecule has 20 heavy (non-hydrogen) atoms. The highest BCUT2D eigenvalue weighted by Gasteiger charge is 2.17. The fraction of sp³-hybridized carbons (Fsp3) is 0.214. The summed E-state index contributed by atoms with van der Waals surface area (Å²) in [6.45, 7) is 0. The van der Waals surface area contributed by atoms with E-state index in [9.17, 15) is 4.79 Å². The first-order chi connectivity index (χ1) is 9.69. The maximum atomic E-state index is 12.4. The number of rotatable bonds is 5. The second-order valence-electron chi connectivity index (χ2n) is 3.86. The van der Waals surface area contributed by atoms with E-state index in [0.29, 0.717) is 22.9 Å². The van der Waals surface area contributed by atoms with Crippen molar-refractivity contribution in [2.45, 2.75) is 0 Å². The number of hydrogen-bond acceptors (Lipinski definition) is 6. The molecule has 1 aromatic carbocycles. The maximum Gasteiger partial charge on any atom is 0.233 e. The second kappa shape index (κ2) is 6.01. The lowest BCUT2D eigenvalue weighted by Crippen LogP contribution is -2.07. The Balaban J connectivity index is 2.36. The summed E-state index contributed by atoms with van der Waals surface area (Å²) in [6, 6.07) is 8.09. The first kappa shape index (κ1) is 13.8. The number of ketones is 1. The molecule has 6 nitrogen and oxygen atoms in total. The van der Waals surface area contributed by atoms with E-state index in [1.54, 1.807) is 37.4 Å². The van der Waals surface area contributed by atoms with Crippen LogP contribution in [0.2, 0.25) is 0 Å². The summed E-state index contributed by atoms with van der Waals surface area (Å²) in [7, 11) is 4.52. The van der Waals surface area contributed by atoms with Gasteiger partial charge in [-0.1, -0.05) is 0 Å². The highest BCUT2D eigenvalue weighted by atomic mass is 16.5. The Morgan fingerprint density at radius 1 is 0.950 bits per heavy atom. The van der Waals surface area contributed by atoms with Crippen molar-refractivity contribution in [3.63, 3.8) is 0 Å². The van der Waals surface area contributed by atoms with Gasteiger partial charge in [0.25, 0.3) is 0 Å². The monoisotopic (exact) mass is 274 g/mol. The maximum absolute atomic E-state index is 12.4. The van der Waals surface area contributed by atoms with E-state index in [0.717, 1.165) is 0 Å². The summed E-state index contributed by atoms with van der Waals surface area (Å²) < 4.78 is 15.2. The number of ether oxygens (including phenoxy) is 3. The Morgan fingerprint density at radius 2 is 1.75 bits per heavy atom. The van der Waals surface area contributed by atoms with Crippen LogP contribution in [0.1, 0.15) is 16.1 Å². The number of methoxy groups -OCH3 is 3. The molecule has 2 rings (SSSR count). The van der Waals surface area contributed by atoms with Crippen LogP contribution in [0, 0.1) is 0 Å². The van der Waals surface area contributed by atoms with Crippen LogP contribution < -0.4 is 14.2 Å². The van der Waals surface area contributed by atoms with Crippen molar-refractivity contribution in [3.05, 3.63) is 41.6 Å². The predicted molar refractivity (Wildman–Crippen MR) is 71.6 cm³/mol. The lowest BCUT2D eigenvalue weighted by atomic mass is 10.1. The van der Waals surface area contributed by atoms with Gasteiger partial charge in [0.15, 0.2) is 0 Å². The molecule has 0 fully saturated rings. The SMILES string of the molecule is COc1ccc(C(=O)c2ccc(OC)nn2)c(OC)c1. The lowest BCUT2D eigenvalue weighted by molar-refractivity contribution is 0.103. The lowest BCUT2D eigenvalue weighted by Gasteiger charge is -2.09. The molecule has 6 heteroatoms. The summed E-state index contributed by atoms with van der Waals surface area (Å²) in [6.07, 6.45) is 0. The van der Waals surface area contributed by atoms with E-state index in [4.69, 9.17) is 14.2 Å². The van der Waals surface area contributed by atoms with Gasteiger partial charge in [0.1, 0.15) is 17.2 Å². The summed E-state index contributed by atoms with van der Waals surface area (Å²) in [5.74, 6) is 1.11. The summed E-state index contributed by atoms with van der Waals surface area (Å²) >= 11 is 0. The van der Waals surface area contributed by atoms with E-state index in [-0.39, 0.29) is 11.5 Å². The van der Waals surface area contributed by atoms with Crippen molar-refractivity contribution in [2.75, 3.05) is 21.3 Å². The molecule has 0 saturated carbocycles. The minimum atomic E-state index is -0.278. The van der Waals surface area contributed by atoms with Crippen LogP contribution in [0.5, 0.6) is 17.4 Å². The van der Waals surface area contributed by atoms with Gasteiger partial charge in [-0.05, 0) is 18.2 Å². The van der Waals surface area contributed by atoms with Crippen molar-refractivity contribution >= 4 is 5.78 Å². The molecule has 0 spiro atoms. The fourth-order valence-corrected chi connectivity index (χ4v) is 1.67. The Kier molecular flexibility index (Phi) is 4.14. The Labute approximate surface area is 116 Å². The van der Waals surface area contributed by atoms with Crippen molar-refractivity contribution in [1.29, 1.82) is 0 Å². The third-order valence-electron chi connectivity index (χ3n) is 2.74. The molecule has 0 aliphatic heterocycles. The van der Waals surface area contributed by atoms with Gasteiger partial charge < -0.3 is 14.2 Å². The number of hydrogen-bond donors (Lipinski definition) is 0. The quantitative estimate of drug-likeness (QED) is 0.773. The number of nitrogens with zero attached hydrogens (tertiary/aromatic N) is 2. The number of aromatic nitrogens is 2. The zero-order chi connectivity index (χ0) is 14.5. The minimum absolute atomic E-state index is 0.217. The van der Waals surface area contributed by atoms with Crippen molar-refractivity contribution in [3.8, 4) is 17.4 Å². The first-order valence-electron chi connectivity index (χ1n) is 5.84. The molecule has 1 heterocycles. The van der Waals surface area contributed by atoms with E-state index in [1.165, 1.54) is 14.2 Å². The third-order valence-corrected chi connectivity index (χ3v) is 2.74. The minimum Gasteiger partial charge on any atom is -0.497 e. The van der Waals surface area contributed by atoms with E-state index in [2.05, 4.69) is 10.2 Å². The molecule has 1 aromatic heterocycles. The van der Waals surface area contributed by atoms with Crippen LogP contribution in [0.4, 0.5) is 0 Å². The summed E-state index contributed by atoms with van der Waals surface area (Å²) in [5, 5.41) is 7.61. The average molecular weight is 274 g/mol. The molecule has 0 amide bonds. The van der Waals surface area contributed by atoms with Crippen LogP contribution in [-0.4, -0.2) is 37.3 Å². The zero-order valence-corrected chi connectivity index (χ0v) is 11.4. The summed E-state index contributed by atoms with van der Waals surface area (Å²) in [4.78, 5) is 12.4. The first-order valence-corrected chi connectivity index (χ1v) is 5.84. The van der Waals surface area contributed by atoms with Gasteiger partial charge in [-0.15, -0.1) is 10.2 Å². The van der Waals surface area contributed by atoms with Gasteiger partial charge in [0, 0.05) is 12.1 Å². The van der Waals surface area contributed by atoms with Crippen molar-refractivity contribution < 1.29 is 19.0 Å². The fourth-order valence-electron chi connectivity index (χ4n) is 1.67. The molecule has 0 aliphatic rings. The van der Waals surface area contributed by atoms with Crippen LogP contribution >= 0.6 is 0 Å². The molecule has 0 saturated heterocycles. The average Bonchev–Trinajstić information content (AvgIpc) is 2.53. The molecule has 0 atom stereocenters. The summed E-state index contributed by atoms with van der Waals surface area (Å²) in [5.41, 5.74) is 0.613. The largest absolute Gasteiger partial charge is 0.497 e. The topological polar surface area (TPSA) is 70.5 Å². The smallest absolute Gasteiger partial charge is 0.233 e. The predicted octanol–water partition coefficient (Wildman–Crippen LogP) is 1.73. The molecule has 104 valence electrons. The van der Waals surface area contributed by atoms with E-state index in [1.807, 2.05) is 0 Å². The molecule has 0 unspecified atom stereocenters. The standard InChI is InChI=1S/C14H14N2O4/c1-18-9-4-5-10(12(8-9)19-2)14(17)11-6-7-13(20-3)16-15-11/h4-8H,1-3H3. The van der Waals surface area contributed by atoms with Gasteiger partial charge in [-0.3, -0.25) is 4.79 Å². The Bertz CT molecular complexity index is 611. The van der Waals surface area contributed by atoms with Gasteiger partial charge in [0.2, 0.25) is 11.7 Å². The normalized spacial score (nSPS) is 9.95. The van der Waals surface area contributed by atoms with Crippen LogP contribution in [-0.2, 0) is 0 Å². The zero-order valence-electron chi connectivity index (χ0n) is 11.4.